The van der Waals surface area contributed by atoms with Crippen LogP contribution in [-0.4, -0.2) is 17.4 Å². The molecule has 0 radical (unpaired) electrons. The number of hydrogen-bond donors (Lipinski definition) is 0. The van der Waals surface area contributed by atoms with Gasteiger partial charge in [0.15, 0.2) is 0 Å². The van der Waals surface area contributed by atoms with Gasteiger partial charge in [-0.25, -0.2) is 9.07 Å². The van der Waals surface area contributed by atoms with Crippen molar-refractivity contribution in [3.8, 4) is 11.3 Å². The highest BCUT2D eigenvalue weighted by Crippen LogP contribution is 2.29. The van der Waals surface area contributed by atoms with Crippen LogP contribution < -0.4 is 4.80 Å². The van der Waals surface area contributed by atoms with Crippen LogP contribution in [-0.2, 0) is 6.18 Å². The molecule has 3 rings (SSSR count). The van der Waals surface area contributed by atoms with E-state index in [1.54, 1.807) is 16.8 Å². The lowest BCUT2D eigenvalue weighted by Gasteiger charge is -2.06. The summed E-state index contributed by atoms with van der Waals surface area (Å²) in [5.74, 6) is -0.341. The molecular weight excluding hydrogens is 378 g/mol. The van der Waals surface area contributed by atoms with E-state index in [0.29, 0.717) is 16.9 Å². The van der Waals surface area contributed by atoms with E-state index in [2.05, 4.69) is 10.1 Å². The molecule has 8 heteroatoms. The number of thiazole rings is 1. The fourth-order valence-corrected chi connectivity index (χ4v) is 3.26. The van der Waals surface area contributed by atoms with Crippen molar-refractivity contribution >= 4 is 17.6 Å². The Hall–Kier alpha value is -2.74. The Morgan fingerprint density at radius 2 is 1.70 bits per heavy atom. The first-order chi connectivity index (χ1) is 12.9. The van der Waals surface area contributed by atoms with Crippen LogP contribution in [0.4, 0.5) is 17.6 Å². The summed E-state index contributed by atoms with van der Waals surface area (Å²) >= 11 is 1.38. The molecule has 2 aromatic carbocycles. The summed E-state index contributed by atoms with van der Waals surface area (Å²) in [6.45, 7) is 2.44. The molecule has 0 N–H and O–H groups in total. The molecule has 0 fully saturated rings. The first-order valence-electron chi connectivity index (χ1n) is 8.07. The van der Waals surface area contributed by atoms with Crippen LogP contribution in [0.5, 0.6) is 0 Å². The monoisotopic (exact) mass is 393 g/mol. The van der Waals surface area contributed by atoms with Gasteiger partial charge in [0.25, 0.3) is 0 Å². The van der Waals surface area contributed by atoms with Gasteiger partial charge in [-0.15, -0.1) is 11.3 Å². The molecule has 0 unspecified atom stereocenters. The van der Waals surface area contributed by atoms with Crippen LogP contribution >= 0.6 is 11.3 Å². The number of benzene rings is 2. The van der Waals surface area contributed by atoms with Gasteiger partial charge in [0.05, 0.1) is 17.5 Å². The topological polar surface area (TPSA) is 29.6 Å². The summed E-state index contributed by atoms with van der Waals surface area (Å²) < 4.78 is 52.8. The van der Waals surface area contributed by atoms with Gasteiger partial charge < -0.3 is 0 Å². The van der Waals surface area contributed by atoms with Gasteiger partial charge in [-0.3, -0.25) is 4.99 Å². The van der Waals surface area contributed by atoms with Crippen LogP contribution in [0.15, 0.2) is 64.0 Å². The van der Waals surface area contributed by atoms with Crippen LogP contribution in [0.25, 0.3) is 11.3 Å². The summed E-state index contributed by atoms with van der Waals surface area (Å²) in [7, 11) is 0. The summed E-state index contributed by atoms with van der Waals surface area (Å²) in [6.07, 6.45) is -2.91. The molecule has 3 nitrogen and oxygen atoms in total. The Kier molecular flexibility index (Phi) is 5.55. The van der Waals surface area contributed by atoms with Gasteiger partial charge in [0.2, 0.25) is 4.80 Å². The van der Waals surface area contributed by atoms with Crippen molar-refractivity contribution in [1.29, 1.82) is 0 Å². The van der Waals surface area contributed by atoms with E-state index in [0.717, 1.165) is 23.4 Å². The zero-order valence-corrected chi connectivity index (χ0v) is 15.1. The van der Waals surface area contributed by atoms with Gasteiger partial charge in [0, 0.05) is 17.5 Å². The highest BCUT2D eigenvalue weighted by Gasteiger charge is 2.29. The summed E-state index contributed by atoms with van der Waals surface area (Å²) in [5.41, 5.74) is 1.29. The minimum absolute atomic E-state index is 0.341. The van der Waals surface area contributed by atoms with E-state index in [4.69, 9.17) is 0 Å². The molecule has 1 aromatic heterocycles. The van der Waals surface area contributed by atoms with Gasteiger partial charge in [-0.2, -0.15) is 18.3 Å². The lowest BCUT2D eigenvalue weighted by molar-refractivity contribution is -0.137. The number of aromatic nitrogens is 1. The van der Waals surface area contributed by atoms with Gasteiger partial charge in [-0.1, -0.05) is 12.1 Å². The summed E-state index contributed by atoms with van der Waals surface area (Å²) in [5, 5.41) is 6.23. The zero-order valence-electron chi connectivity index (χ0n) is 14.2. The molecule has 0 aliphatic rings. The Bertz CT molecular complexity index is 997. The smallest absolute Gasteiger partial charge is 0.258 e. The minimum Gasteiger partial charge on any atom is -0.258 e. The second-order valence-corrected chi connectivity index (χ2v) is 6.40. The van der Waals surface area contributed by atoms with Crippen molar-refractivity contribution in [3.63, 3.8) is 0 Å². The Morgan fingerprint density at radius 3 is 2.30 bits per heavy atom. The molecule has 0 atom stereocenters. The van der Waals surface area contributed by atoms with E-state index in [-0.39, 0.29) is 5.82 Å². The van der Waals surface area contributed by atoms with Crippen LogP contribution in [0.3, 0.4) is 0 Å². The van der Waals surface area contributed by atoms with E-state index in [9.17, 15) is 17.6 Å². The van der Waals surface area contributed by atoms with Crippen molar-refractivity contribution in [2.45, 2.75) is 13.1 Å². The minimum atomic E-state index is -4.37. The Labute approximate surface area is 156 Å². The largest absolute Gasteiger partial charge is 0.416 e. The standard InChI is InChI=1S/C19H15F4N3S/c1-2-24-18-26(17(12-27-18)14-5-9-16(20)10-6-14)25-11-13-3-7-15(8-4-13)19(21,22)23/h3-12H,2H2,1H3/b24-18?,25-11+. The average Bonchev–Trinajstić information content (AvgIpc) is 3.03. The first-order valence-corrected chi connectivity index (χ1v) is 8.95. The predicted octanol–water partition coefficient (Wildman–Crippen LogP) is 5.18. The third kappa shape index (κ3) is 4.51. The van der Waals surface area contributed by atoms with Crippen LogP contribution in [0.1, 0.15) is 18.1 Å². The molecule has 0 saturated carbocycles. The first kappa shape index (κ1) is 19.0. The van der Waals surface area contributed by atoms with Crippen molar-refractivity contribution in [3.05, 3.63) is 75.7 Å². The van der Waals surface area contributed by atoms with Crippen molar-refractivity contribution in [1.82, 2.24) is 4.68 Å². The molecule has 0 bridgehead atoms. The normalized spacial score (nSPS) is 12.9. The molecule has 0 aliphatic heterocycles. The lowest BCUT2D eigenvalue weighted by atomic mass is 10.1. The maximum atomic E-state index is 13.2. The number of hydrogen-bond acceptors (Lipinski definition) is 3. The van der Waals surface area contributed by atoms with Crippen LogP contribution in [0.2, 0.25) is 0 Å². The number of halogens is 4. The lowest BCUT2D eigenvalue weighted by Crippen LogP contribution is -2.12. The molecular formula is C19H15F4N3S. The molecule has 3 aromatic rings. The summed E-state index contributed by atoms with van der Waals surface area (Å²) in [6, 6.07) is 10.7. The van der Waals surface area contributed by atoms with E-state index >= 15 is 0 Å². The third-order valence-electron chi connectivity index (χ3n) is 3.68. The van der Waals surface area contributed by atoms with Crippen molar-refractivity contribution < 1.29 is 17.6 Å². The molecule has 1 heterocycles. The molecule has 27 heavy (non-hydrogen) atoms. The maximum Gasteiger partial charge on any atom is 0.416 e. The highest BCUT2D eigenvalue weighted by molar-refractivity contribution is 7.07. The fourth-order valence-electron chi connectivity index (χ4n) is 2.36. The second-order valence-electron chi connectivity index (χ2n) is 5.56. The van der Waals surface area contributed by atoms with E-state index in [1.165, 1.54) is 41.8 Å². The Morgan fingerprint density at radius 1 is 1.04 bits per heavy atom. The highest BCUT2D eigenvalue weighted by atomic mass is 32.1. The van der Waals surface area contributed by atoms with Crippen molar-refractivity contribution in [2.75, 3.05) is 6.54 Å². The maximum absolute atomic E-state index is 13.2. The second kappa shape index (κ2) is 7.87. The molecule has 0 spiro atoms. The van der Waals surface area contributed by atoms with Gasteiger partial charge in [-0.05, 0) is 48.9 Å². The van der Waals surface area contributed by atoms with E-state index in [1.807, 2.05) is 12.3 Å². The average molecular weight is 393 g/mol. The third-order valence-corrected chi connectivity index (χ3v) is 4.53. The van der Waals surface area contributed by atoms with Crippen molar-refractivity contribution in [2.24, 2.45) is 10.1 Å². The van der Waals surface area contributed by atoms with E-state index < -0.39 is 11.7 Å². The Balaban J connectivity index is 1.98. The molecule has 0 amide bonds. The zero-order chi connectivity index (χ0) is 19.4. The fraction of sp³-hybridized carbons (Fsp3) is 0.158. The molecule has 0 saturated heterocycles. The SMILES string of the molecule is CCN=c1scc(-c2ccc(F)cc2)n1/N=C/c1ccc(C(F)(F)F)cc1. The predicted molar refractivity (Wildman–Crippen MR) is 98.2 cm³/mol. The van der Waals surface area contributed by atoms with Crippen LogP contribution in [0, 0.1) is 5.82 Å². The number of nitrogens with zero attached hydrogens (tertiary/aromatic N) is 3. The molecule has 0 aliphatic carbocycles. The number of rotatable bonds is 4. The van der Waals surface area contributed by atoms with Gasteiger partial charge >= 0.3 is 6.18 Å². The summed E-state index contributed by atoms with van der Waals surface area (Å²) in [4.78, 5) is 5.01. The molecule has 140 valence electrons. The van der Waals surface area contributed by atoms with Gasteiger partial charge in [0.1, 0.15) is 5.82 Å². The number of alkyl halides is 3. The quantitative estimate of drug-likeness (QED) is 0.432.